The molecule has 2 aromatic rings. The first kappa shape index (κ1) is 19.4. The molecule has 0 saturated carbocycles. The van der Waals surface area contributed by atoms with Gasteiger partial charge < -0.3 is 15.4 Å². The molecule has 0 aliphatic heterocycles. The number of amides is 2. The predicted molar refractivity (Wildman–Crippen MR) is 103 cm³/mol. The van der Waals surface area contributed by atoms with Gasteiger partial charge >= 0.3 is 12.0 Å². The number of para-hydroxylation sites is 1. The highest BCUT2D eigenvalue weighted by Gasteiger charge is 2.34. The number of fused-ring (bicyclic) bond motifs is 1. The van der Waals surface area contributed by atoms with Crippen molar-refractivity contribution in [2.75, 3.05) is 24.7 Å². The van der Waals surface area contributed by atoms with Crippen molar-refractivity contribution in [3.63, 3.8) is 0 Å². The summed E-state index contributed by atoms with van der Waals surface area (Å²) in [4.78, 5) is 48.5. The van der Waals surface area contributed by atoms with Crippen LogP contribution in [-0.4, -0.2) is 53.2 Å². The number of allylic oxidation sites excluding steroid dienone is 2. The molecule has 1 aliphatic rings. The summed E-state index contributed by atoms with van der Waals surface area (Å²) in [7, 11) is 1.17. The summed E-state index contributed by atoms with van der Waals surface area (Å²) in [5.74, 6) is -1.38. The van der Waals surface area contributed by atoms with Crippen LogP contribution in [0, 0.1) is 0 Å². The lowest BCUT2D eigenvalue weighted by atomic mass is 9.99. The minimum Gasteiger partial charge on any atom is -0.464 e. The van der Waals surface area contributed by atoms with Gasteiger partial charge in [-0.15, -0.1) is 11.8 Å². The third-order valence-electron chi connectivity index (χ3n) is 3.78. The Bertz CT molecular complexity index is 968. The Labute approximate surface area is 163 Å². The molecule has 0 saturated heterocycles. The fourth-order valence-corrected chi connectivity index (χ4v) is 3.34. The molecule has 1 aliphatic carbocycles. The van der Waals surface area contributed by atoms with Crippen LogP contribution >= 0.6 is 11.8 Å². The van der Waals surface area contributed by atoms with Gasteiger partial charge in [-0.3, -0.25) is 14.7 Å². The third kappa shape index (κ3) is 4.12. The van der Waals surface area contributed by atoms with E-state index in [1.54, 1.807) is 24.3 Å². The Morgan fingerprint density at radius 1 is 1.21 bits per heavy atom. The first-order chi connectivity index (χ1) is 13.5. The van der Waals surface area contributed by atoms with Gasteiger partial charge in [0.1, 0.15) is 5.69 Å². The Hall–Kier alpha value is -3.40. The van der Waals surface area contributed by atoms with Crippen LogP contribution in [0.25, 0.3) is 0 Å². The number of nitrogens with zero attached hydrogens (tertiary/aromatic N) is 1. The molecule has 3 rings (SSSR count). The van der Waals surface area contributed by atoms with Gasteiger partial charge in [-0.25, -0.2) is 9.59 Å². The minimum atomic E-state index is -0.777. The van der Waals surface area contributed by atoms with Crippen LogP contribution in [0.4, 0.5) is 10.5 Å². The number of carbonyl (C=O) groups is 4. The molecule has 1 aromatic heterocycles. The van der Waals surface area contributed by atoms with Crippen LogP contribution in [0.5, 0.6) is 0 Å². The normalized spacial score (nSPS) is 12.8. The topological polar surface area (TPSA) is 130 Å². The number of anilines is 1. The average Bonchev–Trinajstić information content (AvgIpc) is 3.15. The number of Topliss-reactive ketones (excluding diaryl/α,β-unsaturated/α-hetero) is 1. The number of thioether (sulfide) groups is 1. The molecule has 9 nitrogen and oxygen atoms in total. The number of methoxy groups -OCH3 is 1. The molecule has 10 heteroatoms. The highest BCUT2D eigenvalue weighted by atomic mass is 32.2. The average molecular weight is 400 g/mol. The maximum absolute atomic E-state index is 12.6. The molecule has 28 heavy (non-hydrogen) atoms. The molecule has 0 radical (unpaired) electrons. The second-order valence-corrected chi connectivity index (χ2v) is 6.75. The molecule has 0 fully saturated rings. The fourth-order valence-electron chi connectivity index (χ4n) is 2.50. The van der Waals surface area contributed by atoms with Gasteiger partial charge in [0.05, 0.1) is 17.6 Å². The van der Waals surface area contributed by atoms with Crippen LogP contribution in [0.2, 0.25) is 0 Å². The summed E-state index contributed by atoms with van der Waals surface area (Å²) >= 11 is 1.11. The molecule has 144 valence electrons. The summed E-state index contributed by atoms with van der Waals surface area (Å²) in [5.41, 5.74) is 0.320. The molecule has 1 aromatic carbocycles. The summed E-state index contributed by atoms with van der Waals surface area (Å²) in [6, 6.07) is 8.58. The standard InChI is InChI=1S/C18H16N4O5S/c1-27-17(25)15-13-14(21-22-15)11(23)9-12(16(13)24)28-8-7-19-18(26)20-10-5-3-2-4-6-10/h2-6,9H,7-8H2,1H3,(H,21,22)(H2,19,20,26). The molecule has 3 N–H and O–H groups in total. The van der Waals surface area contributed by atoms with Crippen molar-refractivity contribution in [1.29, 1.82) is 0 Å². The van der Waals surface area contributed by atoms with Crippen LogP contribution < -0.4 is 10.6 Å². The molecule has 1 heterocycles. The number of nitrogens with one attached hydrogen (secondary N) is 3. The highest BCUT2D eigenvalue weighted by molar-refractivity contribution is 8.04. The Morgan fingerprint density at radius 2 is 1.96 bits per heavy atom. The zero-order chi connectivity index (χ0) is 20.1. The summed E-state index contributed by atoms with van der Waals surface area (Å²) in [5, 5.41) is 11.5. The maximum atomic E-state index is 12.6. The highest BCUT2D eigenvalue weighted by Crippen LogP contribution is 2.29. The van der Waals surface area contributed by atoms with E-state index in [-0.39, 0.29) is 34.4 Å². The number of carbonyl (C=O) groups excluding carboxylic acids is 4. The van der Waals surface area contributed by atoms with E-state index in [1.807, 2.05) is 6.07 Å². The molecular formula is C18H16N4O5S. The van der Waals surface area contributed by atoms with E-state index in [4.69, 9.17) is 0 Å². The molecule has 0 spiro atoms. The zero-order valence-electron chi connectivity index (χ0n) is 14.8. The number of H-pyrrole nitrogens is 1. The lowest BCUT2D eigenvalue weighted by molar-refractivity contribution is 0.0591. The first-order valence-electron chi connectivity index (χ1n) is 8.21. The lowest BCUT2D eigenvalue weighted by Gasteiger charge is -2.12. The van der Waals surface area contributed by atoms with E-state index in [0.29, 0.717) is 11.4 Å². The van der Waals surface area contributed by atoms with Crippen molar-refractivity contribution in [3.05, 3.63) is 58.3 Å². The van der Waals surface area contributed by atoms with E-state index in [1.165, 1.54) is 13.2 Å². The number of hydrogen-bond donors (Lipinski definition) is 3. The van der Waals surface area contributed by atoms with Gasteiger partial charge in [0.2, 0.25) is 11.6 Å². The third-order valence-corrected chi connectivity index (χ3v) is 4.80. The zero-order valence-corrected chi connectivity index (χ0v) is 15.6. The predicted octanol–water partition coefficient (Wildman–Crippen LogP) is 2.01. The van der Waals surface area contributed by atoms with Crippen molar-refractivity contribution in [3.8, 4) is 0 Å². The van der Waals surface area contributed by atoms with Crippen LogP contribution in [0.15, 0.2) is 41.3 Å². The van der Waals surface area contributed by atoms with E-state index in [2.05, 4.69) is 25.6 Å². The van der Waals surface area contributed by atoms with Gasteiger partial charge in [0, 0.05) is 24.1 Å². The Kier molecular flexibility index (Phi) is 5.90. The Balaban J connectivity index is 1.56. The van der Waals surface area contributed by atoms with Gasteiger partial charge in [0.25, 0.3) is 0 Å². The smallest absolute Gasteiger partial charge is 0.356 e. The largest absolute Gasteiger partial charge is 0.464 e. The number of rotatable bonds is 6. The molecule has 2 amide bonds. The van der Waals surface area contributed by atoms with Gasteiger partial charge in [-0.1, -0.05) is 18.2 Å². The number of aromatic amines is 1. The van der Waals surface area contributed by atoms with Crippen LogP contribution in [-0.2, 0) is 4.74 Å². The fraction of sp³-hybridized carbons (Fsp3) is 0.167. The van der Waals surface area contributed by atoms with E-state index >= 15 is 0 Å². The molecular weight excluding hydrogens is 384 g/mol. The summed E-state index contributed by atoms with van der Waals surface area (Å²) in [6.07, 6.45) is 1.18. The molecule has 0 bridgehead atoms. The number of esters is 1. The SMILES string of the molecule is COC(=O)c1[nH]nc2c1C(=O)C(SCCNC(=O)Nc1ccccc1)=CC2=O. The van der Waals surface area contributed by atoms with Crippen LogP contribution in [0.3, 0.4) is 0 Å². The first-order valence-corrected chi connectivity index (χ1v) is 9.20. The van der Waals surface area contributed by atoms with Crippen molar-refractivity contribution in [1.82, 2.24) is 15.5 Å². The van der Waals surface area contributed by atoms with Crippen molar-refractivity contribution in [2.24, 2.45) is 0 Å². The molecule has 0 atom stereocenters. The molecule has 0 unspecified atom stereocenters. The lowest BCUT2D eigenvalue weighted by Crippen LogP contribution is -2.30. The van der Waals surface area contributed by atoms with Crippen molar-refractivity contribution < 1.29 is 23.9 Å². The van der Waals surface area contributed by atoms with E-state index < -0.39 is 17.5 Å². The summed E-state index contributed by atoms with van der Waals surface area (Å²) < 4.78 is 4.60. The number of ketones is 2. The van der Waals surface area contributed by atoms with E-state index in [0.717, 1.165) is 11.8 Å². The van der Waals surface area contributed by atoms with Gasteiger partial charge in [-0.05, 0) is 12.1 Å². The van der Waals surface area contributed by atoms with Crippen molar-refractivity contribution in [2.45, 2.75) is 0 Å². The van der Waals surface area contributed by atoms with Crippen molar-refractivity contribution >= 4 is 41.0 Å². The van der Waals surface area contributed by atoms with Gasteiger partial charge in [-0.2, -0.15) is 5.10 Å². The monoisotopic (exact) mass is 400 g/mol. The van der Waals surface area contributed by atoms with Gasteiger partial charge in [0.15, 0.2) is 5.69 Å². The van der Waals surface area contributed by atoms with Crippen LogP contribution in [0.1, 0.15) is 31.3 Å². The summed E-state index contributed by atoms with van der Waals surface area (Å²) in [6.45, 7) is 0.268. The second-order valence-electron chi connectivity index (χ2n) is 5.61. The number of hydrogen-bond acceptors (Lipinski definition) is 7. The Morgan fingerprint density at radius 3 is 2.68 bits per heavy atom. The number of ether oxygens (including phenoxy) is 1. The minimum absolute atomic E-state index is 0.0865. The quantitative estimate of drug-likeness (QED) is 0.499. The second kappa shape index (κ2) is 8.53. The number of urea groups is 1. The number of aromatic nitrogens is 2. The maximum Gasteiger partial charge on any atom is 0.356 e. The number of benzene rings is 1. The van der Waals surface area contributed by atoms with E-state index in [9.17, 15) is 19.2 Å².